The highest BCUT2D eigenvalue weighted by Gasteiger charge is 2.31. The molecule has 130 valence electrons. The molecule has 0 spiro atoms. The molecule has 5 heteroatoms. The molecule has 0 bridgehead atoms. The number of carbonyl (C=O) groups excluding carboxylic acids is 1. The Labute approximate surface area is 147 Å². The molecule has 1 aliphatic heterocycles. The monoisotopic (exact) mass is 346 g/mol. The number of nitrogens with zero attached hydrogens (tertiary/aromatic N) is 2. The van der Waals surface area contributed by atoms with E-state index < -0.39 is 0 Å². The van der Waals surface area contributed by atoms with Gasteiger partial charge in [0.15, 0.2) is 0 Å². The molecule has 2 aromatic rings. The molecule has 2 atom stereocenters. The first-order chi connectivity index (χ1) is 11.5. The maximum atomic E-state index is 13.1. The van der Waals surface area contributed by atoms with Crippen molar-refractivity contribution in [2.75, 3.05) is 13.2 Å². The lowest BCUT2D eigenvalue weighted by Gasteiger charge is -2.37. The Balaban J connectivity index is 1.85. The Morgan fingerprint density at radius 1 is 1.38 bits per heavy atom. The van der Waals surface area contributed by atoms with Crippen LogP contribution in [0.5, 0.6) is 0 Å². The minimum absolute atomic E-state index is 0.103. The van der Waals surface area contributed by atoms with Crippen LogP contribution >= 0.6 is 11.3 Å². The number of hydrogen-bond donors (Lipinski definition) is 1. The van der Waals surface area contributed by atoms with Crippen LogP contribution in [0.25, 0.3) is 0 Å². The van der Waals surface area contributed by atoms with Gasteiger partial charge in [-0.25, -0.2) is 0 Å². The van der Waals surface area contributed by atoms with E-state index >= 15 is 0 Å². The summed E-state index contributed by atoms with van der Waals surface area (Å²) in [6.45, 7) is 7.84. The summed E-state index contributed by atoms with van der Waals surface area (Å²) in [4.78, 5) is 16.3. The molecule has 0 radical (unpaired) electrons. The predicted octanol–water partition coefficient (Wildman–Crippen LogP) is 3.45. The van der Waals surface area contributed by atoms with Gasteiger partial charge in [-0.05, 0) is 57.0 Å². The molecule has 0 saturated carbocycles. The van der Waals surface area contributed by atoms with Crippen LogP contribution < -0.4 is 0 Å². The van der Waals surface area contributed by atoms with Crippen molar-refractivity contribution >= 4 is 17.2 Å². The van der Waals surface area contributed by atoms with E-state index in [0.29, 0.717) is 6.54 Å². The Hall–Kier alpha value is -1.59. The van der Waals surface area contributed by atoms with Gasteiger partial charge in [0.2, 0.25) is 0 Å². The Morgan fingerprint density at radius 3 is 2.83 bits per heavy atom. The second-order valence-electron chi connectivity index (χ2n) is 6.88. The van der Waals surface area contributed by atoms with Gasteiger partial charge in [0.1, 0.15) is 0 Å². The number of aromatic nitrogens is 1. The van der Waals surface area contributed by atoms with Crippen LogP contribution in [-0.4, -0.2) is 39.7 Å². The summed E-state index contributed by atoms with van der Waals surface area (Å²) in [7, 11) is 0. The van der Waals surface area contributed by atoms with E-state index in [0.717, 1.165) is 36.3 Å². The quantitative estimate of drug-likeness (QED) is 0.922. The number of rotatable bonds is 4. The second-order valence-corrected chi connectivity index (χ2v) is 7.92. The lowest BCUT2D eigenvalue weighted by atomic mass is 9.93. The van der Waals surface area contributed by atoms with Crippen LogP contribution in [0.3, 0.4) is 0 Å². The van der Waals surface area contributed by atoms with Crippen LogP contribution in [0.2, 0.25) is 0 Å². The first-order valence-corrected chi connectivity index (χ1v) is 9.50. The highest BCUT2D eigenvalue weighted by atomic mass is 32.1. The molecular weight excluding hydrogens is 320 g/mol. The lowest BCUT2D eigenvalue weighted by Crippen LogP contribution is -2.46. The zero-order valence-electron chi connectivity index (χ0n) is 14.7. The smallest absolute Gasteiger partial charge is 0.255 e. The highest BCUT2D eigenvalue weighted by Crippen LogP contribution is 2.26. The van der Waals surface area contributed by atoms with E-state index in [-0.39, 0.29) is 24.5 Å². The number of aliphatic hydroxyl groups excluding tert-OH is 1. The third kappa shape index (κ3) is 3.28. The lowest BCUT2D eigenvalue weighted by molar-refractivity contribution is 0.0488. The fraction of sp³-hybridized carbons (Fsp3) is 0.526. The van der Waals surface area contributed by atoms with Gasteiger partial charge in [0.25, 0.3) is 5.91 Å². The molecule has 4 nitrogen and oxygen atoms in total. The molecule has 0 aliphatic carbocycles. The molecule has 2 aromatic heterocycles. The summed E-state index contributed by atoms with van der Waals surface area (Å²) < 4.78 is 2.22. The Morgan fingerprint density at radius 2 is 2.17 bits per heavy atom. The molecule has 3 heterocycles. The zero-order valence-corrected chi connectivity index (χ0v) is 15.5. The number of aliphatic hydroxyl groups is 1. The number of amides is 1. The van der Waals surface area contributed by atoms with Gasteiger partial charge in [0.05, 0.1) is 12.1 Å². The van der Waals surface area contributed by atoms with Crippen LogP contribution in [0, 0.1) is 19.8 Å². The van der Waals surface area contributed by atoms with Crippen molar-refractivity contribution < 1.29 is 9.90 Å². The van der Waals surface area contributed by atoms with Crippen LogP contribution in [-0.2, 0) is 6.54 Å². The molecule has 2 unspecified atom stereocenters. The molecule has 3 rings (SSSR count). The number of thiophene rings is 1. The average Bonchev–Trinajstić information content (AvgIpc) is 3.18. The average molecular weight is 346 g/mol. The molecular formula is C19H26N2O2S. The van der Waals surface area contributed by atoms with E-state index in [2.05, 4.69) is 35.9 Å². The fourth-order valence-electron chi connectivity index (χ4n) is 3.59. The molecule has 0 aromatic carbocycles. The second kappa shape index (κ2) is 7.11. The van der Waals surface area contributed by atoms with Crippen molar-refractivity contribution in [3.05, 3.63) is 45.4 Å². The minimum atomic E-state index is 0.103. The van der Waals surface area contributed by atoms with Crippen molar-refractivity contribution in [2.45, 2.75) is 46.2 Å². The van der Waals surface area contributed by atoms with Crippen molar-refractivity contribution in [3.63, 3.8) is 0 Å². The van der Waals surface area contributed by atoms with Gasteiger partial charge < -0.3 is 14.6 Å². The fourth-order valence-corrected chi connectivity index (χ4v) is 4.28. The zero-order chi connectivity index (χ0) is 17.3. The predicted molar refractivity (Wildman–Crippen MR) is 97.6 cm³/mol. The van der Waals surface area contributed by atoms with E-state index in [1.807, 2.05) is 17.9 Å². The number of aryl methyl sites for hydroxylation is 1. The van der Waals surface area contributed by atoms with E-state index in [1.54, 1.807) is 11.3 Å². The Bertz CT molecular complexity index is 705. The van der Waals surface area contributed by atoms with Crippen molar-refractivity contribution in [1.82, 2.24) is 9.47 Å². The first-order valence-electron chi connectivity index (χ1n) is 8.62. The maximum Gasteiger partial charge on any atom is 0.255 e. The first kappa shape index (κ1) is 17.2. The van der Waals surface area contributed by atoms with Crippen LogP contribution in [0.15, 0.2) is 23.6 Å². The van der Waals surface area contributed by atoms with Crippen molar-refractivity contribution in [2.24, 2.45) is 5.92 Å². The summed E-state index contributed by atoms with van der Waals surface area (Å²) in [5.74, 6) is 0.311. The van der Waals surface area contributed by atoms with Crippen LogP contribution in [0.1, 0.15) is 46.4 Å². The molecule has 1 fully saturated rings. The summed E-state index contributed by atoms with van der Waals surface area (Å²) >= 11 is 1.74. The van der Waals surface area contributed by atoms with Gasteiger partial charge >= 0.3 is 0 Å². The SMILES string of the molecule is Cc1cc(C(=O)N2CC(CO)CCC2C)c(C)n1Cc1cccs1. The van der Waals surface area contributed by atoms with E-state index in [1.165, 1.54) is 4.88 Å². The third-order valence-corrected chi connectivity index (χ3v) is 6.06. The maximum absolute atomic E-state index is 13.1. The molecule has 1 saturated heterocycles. The molecule has 24 heavy (non-hydrogen) atoms. The number of hydrogen-bond acceptors (Lipinski definition) is 3. The largest absolute Gasteiger partial charge is 0.396 e. The third-order valence-electron chi connectivity index (χ3n) is 5.20. The number of likely N-dealkylation sites (tertiary alicyclic amines) is 1. The van der Waals surface area contributed by atoms with E-state index in [4.69, 9.17) is 0 Å². The van der Waals surface area contributed by atoms with Gasteiger partial charge in [-0.3, -0.25) is 4.79 Å². The van der Waals surface area contributed by atoms with Crippen molar-refractivity contribution in [1.29, 1.82) is 0 Å². The summed E-state index contributed by atoms with van der Waals surface area (Å²) in [5, 5.41) is 11.5. The van der Waals surface area contributed by atoms with Gasteiger partial charge in [-0.2, -0.15) is 0 Å². The summed E-state index contributed by atoms with van der Waals surface area (Å²) in [6, 6.07) is 6.44. The highest BCUT2D eigenvalue weighted by molar-refractivity contribution is 7.09. The van der Waals surface area contributed by atoms with Gasteiger partial charge in [0, 0.05) is 35.5 Å². The normalized spacial score (nSPS) is 21.2. The summed E-state index contributed by atoms with van der Waals surface area (Å²) in [5.41, 5.74) is 2.95. The topological polar surface area (TPSA) is 45.5 Å². The summed E-state index contributed by atoms with van der Waals surface area (Å²) in [6.07, 6.45) is 1.96. The minimum Gasteiger partial charge on any atom is -0.396 e. The number of carbonyl (C=O) groups is 1. The molecule has 1 amide bonds. The number of piperidine rings is 1. The van der Waals surface area contributed by atoms with Crippen LogP contribution in [0.4, 0.5) is 0 Å². The molecule has 1 N–H and O–H groups in total. The van der Waals surface area contributed by atoms with Crippen molar-refractivity contribution in [3.8, 4) is 0 Å². The van der Waals surface area contributed by atoms with E-state index in [9.17, 15) is 9.90 Å². The van der Waals surface area contributed by atoms with Gasteiger partial charge in [-0.15, -0.1) is 11.3 Å². The standard InChI is InChI=1S/C19H26N2O2S/c1-13-6-7-16(12-22)10-21(13)19(23)18-9-14(2)20(15(18)3)11-17-5-4-8-24-17/h4-5,8-9,13,16,22H,6-7,10-12H2,1-3H3. The Kier molecular flexibility index (Phi) is 5.11. The van der Waals surface area contributed by atoms with Gasteiger partial charge in [-0.1, -0.05) is 6.07 Å². The molecule has 1 aliphatic rings.